The van der Waals surface area contributed by atoms with Crippen molar-refractivity contribution in [1.82, 2.24) is 10.3 Å². The highest BCUT2D eigenvalue weighted by molar-refractivity contribution is 5.77. The third-order valence-corrected chi connectivity index (χ3v) is 1.18. The zero-order valence-corrected chi connectivity index (χ0v) is 6.55. The molecule has 0 radical (unpaired) electrons. The average molecular weight is 145 g/mol. The summed E-state index contributed by atoms with van der Waals surface area (Å²) < 4.78 is 0. The maximum Gasteiger partial charge on any atom is 0.248 e. The molecule has 0 saturated carbocycles. The monoisotopic (exact) mass is 145 g/mol. The van der Waals surface area contributed by atoms with Gasteiger partial charge in [-0.2, -0.15) is 0 Å². The van der Waals surface area contributed by atoms with Crippen molar-refractivity contribution in [3.63, 3.8) is 0 Å². The third kappa shape index (κ3) is 4.29. The summed E-state index contributed by atoms with van der Waals surface area (Å²) in [5, 5.41) is 0. The van der Waals surface area contributed by atoms with Crippen molar-refractivity contribution in [2.75, 3.05) is 20.1 Å². The summed E-state index contributed by atoms with van der Waals surface area (Å²) in [4.78, 5) is 12.5. The Morgan fingerprint density at radius 1 is 1.70 bits per heavy atom. The molecule has 0 atom stereocenters. The van der Waals surface area contributed by atoms with Gasteiger partial charge in [0.15, 0.2) is 0 Å². The second-order valence-corrected chi connectivity index (χ2v) is 2.31. The Hall–Kier alpha value is -0.610. The van der Waals surface area contributed by atoms with E-state index in [9.17, 15) is 4.79 Å². The van der Waals surface area contributed by atoms with E-state index < -0.39 is 0 Å². The number of carbonyl (C=O) groups excluding carboxylic acids is 1. The van der Waals surface area contributed by atoms with Gasteiger partial charge < -0.3 is 0 Å². The number of hydrogen-bond acceptors (Lipinski definition) is 3. The van der Waals surface area contributed by atoms with Crippen LogP contribution in [0, 0.1) is 0 Å². The number of hydrazine groups is 1. The van der Waals surface area contributed by atoms with Crippen LogP contribution in [0.5, 0.6) is 0 Å². The van der Waals surface area contributed by atoms with E-state index in [1.807, 2.05) is 11.9 Å². The summed E-state index contributed by atoms with van der Waals surface area (Å²) in [6, 6.07) is 0. The molecule has 4 nitrogen and oxygen atoms in total. The van der Waals surface area contributed by atoms with Crippen LogP contribution in [0.1, 0.15) is 13.3 Å². The average Bonchev–Trinajstić information content (AvgIpc) is 1.88. The molecule has 0 aliphatic heterocycles. The molecule has 3 N–H and O–H groups in total. The summed E-state index contributed by atoms with van der Waals surface area (Å²) in [6.45, 7) is 3.37. The van der Waals surface area contributed by atoms with E-state index in [0.29, 0.717) is 6.54 Å². The third-order valence-electron chi connectivity index (χ3n) is 1.18. The van der Waals surface area contributed by atoms with Crippen LogP contribution >= 0.6 is 0 Å². The molecule has 0 aromatic heterocycles. The predicted octanol–water partition coefficient (Wildman–Crippen LogP) is -0.682. The number of likely N-dealkylation sites (N-methyl/N-ethyl adjacent to an activating group) is 1. The van der Waals surface area contributed by atoms with Crippen molar-refractivity contribution >= 4 is 5.91 Å². The molecule has 0 aromatic rings. The number of nitrogens with zero attached hydrogens (tertiary/aromatic N) is 1. The van der Waals surface area contributed by atoms with Crippen molar-refractivity contribution in [1.29, 1.82) is 0 Å². The van der Waals surface area contributed by atoms with Gasteiger partial charge in [0, 0.05) is 0 Å². The van der Waals surface area contributed by atoms with Gasteiger partial charge in [-0.15, -0.1) is 0 Å². The highest BCUT2D eigenvalue weighted by atomic mass is 16.2. The Morgan fingerprint density at radius 3 is 2.70 bits per heavy atom. The molecule has 0 saturated heterocycles. The maximum atomic E-state index is 10.6. The molecule has 0 spiro atoms. The number of hydrogen-bond donors (Lipinski definition) is 2. The van der Waals surface area contributed by atoms with E-state index in [0.717, 1.165) is 13.0 Å². The second kappa shape index (κ2) is 5.20. The Kier molecular flexibility index (Phi) is 4.88. The molecule has 0 unspecified atom stereocenters. The second-order valence-electron chi connectivity index (χ2n) is 2.31. The Bertz CT molecular complexity index is 105. The van der Waals surface area contributed by atoms with Crippen LogP contribution in [0.2, 0.25) is 0 Å². The van der Waals surface area contributed by atoms with Crippen molar-refractivity contribution in [2.45, 2.75) is 13.3 Å². The summed E-state index contributed by atoms with van der Waals surface area (Å²) >= 11 is 0. The lowest BCUT2D eigenvalue weighted by Crippen LogP contribution is -2.39. The molecule has 60 valence electrons. The summed E-state index contributed by atoms with van der Waals surface area (Å²) in [5.74, 6) is 4.75. The molecule has 0 aliphatic rings. The summed E-state index contributed by atoms with van der Waals surface area (Å²) in [6.07, 6.45) is 1.05. The lowest BCUT2D eigenvalue weighted by atomic mass is 10.4. The predicted molar refractivity (Wildman–Crippen MR) is 40.1 cm³/mol. The van der Waals surface area contributed by atoms with Gasteiger partial charge in [0.2, 0.25) is 5.91 Å². The fraction of sp³-hybridized carbons (Fsp3) is 0.833. The van der Waals surface area contributed by atoms with Gasteiger partial charge in [-0.1, -0.05) is 6.92 Å². The molecule has 0 fully saturated rings. The molecule has 0 aliphatic carbocycles. The minimum Gasteiger partial charge on any atom is -0.298 e. The topological polar surface area (TPSA) is 58.4 Å². The number of amides is 1. The number of carbonyl (C=O) groups is 1. The first-order valence-corrected chi connectivity index (χ1v) is 3.38. The Balaban J connectivity index is 3.37. The molecule has 0 rings (SSSR count). The van der Waals surface area contributed by atoms with Crippen LogP contribution in [-0.2, 0) is 4.79 Å². The minimum absolute atomic E-state index is 0.143. The van der Waals surface area contributed by atoms with Crippen LogP contribution < -0.4 is 11.3 Å². The quantitative estimate of drug-likeness (QED) is 0.313. The summed E-state index contributed by atoms with van der Waals surface area (Å²) in [5.41, 5.74) is 2.07. The lowest BCUT2D eigenvalue weighted by Gasteiger charge is -2.12. The van der Waals surface area contributed by atoms with E-state index in [1.165, 1.54) is 0 Å². The smallest absolute Gasteiger partial charge is 0.248 e. The van der Waals surface area contributed by atoms with E-state index in [4.69, 9.17) is 5.84 Å². The Labute approximate surface area is 61.3 Å². The molecule has 10 heavy (non-hydrogen) atoms. The molecule has 1 amide bonds. The minimum atomic E-state index is -0.143. The van der Waals surface area contributed by atoms with Gasteiger partial charge in [0.25, 0.3) is 0 Å². The van der Waals surface area contributed by atoms with E-state index in [2.05, 4.69) is 12.3 Å². The number of nitrogens with one attached hydrogen (secondary N) is 1. The first-order chi connectivity index (χ1) is 4.70. The van der Waals surface area contributed by atoms with Crippen molar-refractivity contribution < 1.29 is 4.79 Å². The largest absolute Gasteiger partial charge is 0.298 e. The zero-order chi connectivity index (χ0) is 7.98. The molecular weight excluding hydrogens is 130 g/mol. The fourth-order valence-corrected chi connectivity index (χ4v) is 0.752. The van der Waals surface area contributed by atoms with E-state index in [1.54, 1.807) is 0 Å². The maximum absolute atomic E-state index is 10.6. The van der Waals surface area contributed by atoms with Crippen molar-refractivity contribution in [3.8, 4) is 0 Å². The van der Waals surface area contributed by atoms with Crippen LogP contribution in [-0.4, -0.2) is 30.9 Å². The normalized spacial score (nSPS) is 10.0. The van der Waals surface area contributed by atoms with E-state index in [-0.39, 0.29) is 5.91 Å². The van der Waals surface area contributed by atoms with Crippen LogP contribution in [0.15, 0.2) is 0 Å². The Morgan fingerprint density at radius 2 is 2.30 bits per heavy atom. The summed E-state index contributed by atoms with van der Waals surface area (Å²) in [7, 11) is 1.89. The van der Waals surface area contributed by atoms with E-state index >= 15 is 0 Å². The van der Waals surface area contributed by atoms with Gasteiger partial charge >= 0.3 is 0 Å². The first kappa shape index (κ1) is 9.39. The van der Waals surface area contributed by atoms with Gasteiger partial charge in [-0.25, -0.2) is 5.84 Å². The fourth-order valence-electron chi connectivity index (χ4n) is 0.752. The highest BCUT2D eigenvalue weighted by Crippen LogP contribution is 1.83. The highest BCUT2D eigenvalue weighted by Gasteiger charge is 2.01. The number of nitrogens with two attached hydrogens (primary N) is 1. The lowest BCUT2D eigenvalue weighted by molar-refractivity contribution is -0.122. The number of rotatable bonds is 4. The first-order valence-electron chi connectivity index (χ1n) is 3.38. The standard InChI is InChI=1S/C6H15N3O/c1-3-4-9(2)5-6(10)8-7/h3-5,7H2,1-2H3,(H,8,10). The van der Waals surface area contributed by atoms with Crippen LogP contribution in [0.25, 0.3) is 0 Å². The molecule has 4 heteroatoms. The van der Waals surface area contributed by atoms with Gasteiger partial charge in [-0.05, 0) is 20.0 Å². The van der Waals surface area contributed by atoms with Crippen molar-refractivity contribution in [2.24, 2.45) is 5.84 Å². The SMILES string of the molecule is CCCN(C)CC(=O)NN. The van der Waals surface area contributed by atoms with Crippen LogP contribution in [0.3, 0.4) is 0 Å². The van der Waals surface area contributed by atoms with Crippen molar-refractivity contribution in [3.05, 3.63) is 0 Å². The molecule has 0 heterocycles. The van der Waals surface area contributed by atoms with Gasteiger partial charge in [0.1, 0.15) is 0 Å². The molecular formula is C6H15N3O. The van der Waals surface area contributed by atoms with Gasteiger partial charge in [0.05, 0.1) is 6.54 Å². The molecule has 0 bridgehead atoms. The molecule has 0 aromatic carbocycles. The van der Waals surface area contributed by atoms with Gasteiger partial charge in [-0.3, -0.25) is 15.1 Å². The zero-order valence-electron chi connectivity index (χ0n) is 6.55. The van der Waals surface area contributed by atoms with Crippen LogP contribution in [0.4, 0.5) is 0 Å².